The van der Waals surface area contributed by atoms with Gasteiger partial charge in [-0.25, -0.2) is 0 Å². The molecular weight excluding hydrogens is 291 g/mol. The van der Waals surface area contributed by atoms with Crippen LogP contribution in [0.25, 0.3) is 22.5 Å². The third kappa shape index (κ3) is 1.69. The van der Waals surface area contributed by atoms with Crippen molar-refractivity contribution in [2.24, 2.45) is 0 Å². The number of H-pyrrole nitrogens is 1. The molecule has 20 heavy (non-hydrogen) atoms. The number of benzene rings is 2. The monoisotopic (exact) mass is 300 g/mol. The molecule has 2 aromatic carbocycles. The van der Waals surface area contributed by atoms with Crippen molar-refractivity contribution in [1.82, 2.24) is 10.2 Å². The quantitative estimate of drug-likeness (QED) is 0.529. The molecule has 0 bridgehead atoms. The summed E-state index contributed by atoms with van der Waals surface area (Å²) in [7, 11) is 0. The zero-order valence-electron chi connectivity index (χ0n) is 10.5. The maximum atomic E-state index is 6.30. The number of nitrogens with one attached hydrogen (secondary N) is 1. The third-order valence-electron chi connectivity index (χ3n) is 3.71. The van der Waals surface area contributed by atoms with Crippen molar-refractivity contribution < 1.29 is 0 Å². The predicted octanol–water partition coefficient (Wildman–Crippen LogP) is 4.95. The molecule has 98 valence electrons. The summed E-state index contributed by atoms with van der Waals surface area (Å²) < 4.78 is 0. The molecule has 0 spiro atoms. The van der Waals surface area contributed by atoms with Gasteiger partial charge in [-0.2, -0.15) is 5.10 Å². The Morgan fingerprint density at radius 3 is 2.70 bits per heavy atom. The number of hydrogen-bond donors (Lipinski definition) is 1. The summed E-state index contributed by atoms with van der Waals surface area (Å²) in [5.74, 6) is 0. The highest BCUT2D eigenvalue weighted by atomic mass is 35.5. The van der Waals surface area contributed by atoms with Crippen LogP contribution in [0.1, 0.15) is 11.1 Å². The molecule has 0 saturated heterocycles. The lowest BCUT2D eigenvalue weighted by Gasteiger charge is -2.03. The van der Waals surface area contributed by atoms with Crippen molar-refractivity contribution in [2.75, 3.05) is 0 Å². The van der Waals surface area contributed by atoms with E-state index >= 15 is 0 Å². The lowest BCUT2D eigenvalue weighted by molar-refractivity contribution is 1.09. The Morgan fingerprint density at radius 1 is 1.00 bits per heavy atom. The number of hydrogen-bond acceptors (Lipinski definition) is 1. The Balaban J connectivity index is 1.89. The van der Waals surface area contributed by atoms with Crippen molar-refractivity contribution in [3.05, 3.63) is 63.6 Å². The molecule has 3 aromatic rings. The minimum atomic E-state index is 0.628. The standard InChI is InChI=1S/C16H10Cl2N2/c17-10-5-6-12(14(18)8-10)16-13-7-9-3-1-2-4-11(9)15(13)19-20-16/h1-6,8H,7H2,(H,19,20). The number of fused-ring (bicyclic) bond motifs is 3. The summed E-state index contributed by atoms with van der Waals surface area (Å²) in [5.41, 5.74) is 6.69. The smallest absolute Gasteiger partial charge is 0.0977 e. The molecule has 1 aliphatic rings. The summed E-state index contributed by atoms with van der Waals surface area (Å²) >= 11 is 12.3. The first-order chi connectivity index (χ1) is 9.74. The SMILES string of the molecule is Clc1ccc(-c2n[nH]c3c2Cc2ccccc2-3)c(Cl)c1. The fraction of sp³-hybridized carbons (Fsp3) is 0.0625. The molecule has 0 fully saturated rings. The van der Waals surface area contributed by atoms with E-state index in [4.69, 9.17) is 23.2 Å². The maximum Gasteiger partial charge on any atom is 0.0977 e. The van der Waals surface area contributed by atoms with Crippen molar-refractivity contribution in [3.8, 4) is 22.5 Å². The minimum absolute atomic E-state index is 0.628. The van der Waals surface area contributed by atoms with Crippen LogP contribution in [0.2, 0.25) is 10.0 Å². The van der Waals surface area contributed by atoms with Gasteiger partial charge in [0.05, 0.1) is 16.4 Å². The van der Waals surface area contributed by atoms with Crippen LogP contribution >= 0.6 is 23.2 Å². The fourth-order valence-corrected chi connectivity index (χ4v) is 3.27. The molecule has 1 aromatic heterocycles. The van der Waals surface area contributed by atoms with E-state index in [1.165, 1.54) is 16.7 Å². The molecule has 0 radical (unpaired) electrons. The van der Waals surface area contributed by atoms with Crippen LogP contribution in [-0.2, 0) is 6.42 Å². The number of rotatable bonds is 1. The van der Waals surface area contributed by atoms with Gasteiger partial charge >= 0.3 is 0 Å². The van der Waals surface area contributed by atoms with Gasteiger partial charge in [0.15, 0.2) is 0 Å². The predicted molar refractivity (Wildman–Crippen MR) is 82.3 cm³/mol. The summed E-state index contributed by atoms with van der Waals surface area (Å²) in [4.78, 5) is 0. The average molecular weight is 301 g/mol. The summed E-state index contributed by atoms with van der Waals surface area (Å²) in [5, 5.41) is 8.85. The van der Waals surface area contributed by atoms with E-state index in [-0.39, 0.29) is 0 Å². The summed E-state index contributed by atoms with van der Waals surface area (Å²) in [6, 6.07) is 13.9. The molecule has 4 heteroatoms. The van der Waals surface area contributed by atoms with Gasteiger partial charge in [-0.05, 0) is 23.8 Å². The summed E-state index contributed by atoms with van der Waals surface area (Å²) in [6.45, 7) is 0. The molecule has 0 aliphatic heterocycles. The van der Waals surface area contributed by atoms with E-state index in [0.717, 1.165) is 23.4 Å². The van der Waals surface area contributed by atoms with E-state index in [0.29, 0.717) is 10.0 Å². The van der Waals surface area contributed by atoms with E-state index < -0.39 is 0 Å². The summed E-state index contributed by atoms with van der Waals surface area (Å²) in [6.07, 6.45) is 0.885. The minimum Gasteiger partial charge on any atom is -0.277 e. The second-order valence-corrected chi connectivity index (χ2v) is 5.73. The van der Waals surface area contributed by atoms with Gasteiger partial charge in [0.25, 0.3) is 0 Å². The maximum absolute atomic E-state index is 6.30. The molecular formula is C16H10Cl2N2. The van der Waals surface area contributed by atoms with Crippen LogP contribution in [-0.4, -0.2) is 10.2 Å². The van der Waals surface area contributed by atoms with E-state index in [1.807, 2.05) is 18.2 Å². The number of nitrogens with zero attached hydrogens (tertiary/aromatic N) is 1. The van der Waals surface area contributed by atoms with Gasteiger partial charge in [0, 0.05) is 28.1 Å². The first kappa shape index (κ1) is 12.0. The normalized spacial score (nSPS) is 12.3. The van der Waals surface area contributed by atoms with Gasteiger partial charge in [0.2, 0.25) is 0 Å². The van der Waals surface area contributed by atoms with Crippen molar-refractivity contribution in [2.45, 2.75) is 6.42 Å². The van der Waals surface area contributed by atoms with Gasteiger partial charge in [0.1, 0.15) is 0 Å². The van der Waals surface area contributed by atoms with Gasteiger partial charge in [-0.3, -0.25) is 5.10 Å². The molecule has 0 amide bonds. The number of halogens is 2. The van der Waals surface area contributed by atoms with E-state index in [1.54, 1.807) is 6.07 Å². The highest BCUT2D eigenvalue weighted by Crippen LogP contribution is 2.41. The Morgan fingerprint density at radius 2 is 1.85 bits per heavy atom. The van der Waals surface area contributed by atoms with Crippen molar-refractivity contribution >= 4 is 23.2 Å². The van der Waals surface area contributed by atoms with Crippen LogP contribution in [0.15, 0.2) is 42.5 Å². The number of aromatic nitrogens is 2. The lowest BCUT2D eigenvalue weighted by Crippen LogP contribution is -1.87. The van der Waals surface area contributed by atoms with Gasteiger partial charge < -0.3 is 0 Å². The van der Waals surface area contributed by atoms with Crippen LogP contribution in [0, 0.1) is 0 Å². The zero-order valence-corrected chi connectivity index (χ0v) is 12.0. The Kier molecular flexibility index (Phi) is 2.62. The highest BCUT2D eigenvalue weighted by molar-refractivity contribution is 6.36. The van der Waals surface area contributed by atoms with Crippen LogP contribution in [0.5, 0.6) is 0 Å². The Labute approximate surface area is 126 Å². The second kappa shape index (κ2) is 4.37. The van der Waals surface area contributed by atoms with E-state index in [2.05, 4.69) is 28.4 Å². The Hall–Kier alpha value is -1.77. The topological polar surface area (TPSA) is 28.7 Å². The zero-order chi connectivity index (χ0) is 13.7. The Bertz CT molecular complexity index is 821. The highest BCUT2D eigenvalue weighted by Gasteiger charge is 2.25. The molecule has 1 N–H and O–H groups in total. The first-order valence-electron chi connectivity index (χ1n) is 6.35. The van der Waals surface area contributed by atoms with Crippen LogP contribution < -0.4 is 0 Å². The molecule has 0 atom stereocenters. The average Bonchev–Trinajstić information content (AvgIpc) is 2.98. The van der Waals surface area contributed by atoms with Crippen molar-refractivity contribution in [3.63, 3.8) is 0 Å². The first-order valence-corrected chi connectivity index (χ1v) is 7.10. The van der Waals surface area contributed by atoms with Crippen LogP contribution in [0.4, 0.5) is 0 Å². The lowest BCUT2D eigenvalue weighted by atomic mass is 10.1. The number of aromatic amines is 1. The third-order valence-corrected chi connectivity index (χ3v) is 4.26. The van der Waals surface area contributed by atoms with Gasteiger partial charge in [-0.15, -0.1) is 0 Å². The molecule has 4 rings (SSSR count). The molecule has 1 aliphatic carbocycles. The largest absolute Gasteiger partial charge is 0.277 e. The molecule has 0 unspecified atom stereocenters. The molecule has 0 saturated carbocycles. The van der Waals surface area contributed by atoms with Crippen LogP contribution in [0.3, 0.4) is 0 Å². The van der Waals surface area contributed by atoms with E-state index in [9.17, 15) is 0 Å². The molecule has 1 heterocycles. The van der Waals surface area contributed by atoms with Gasteiger partial charge in [-0.1, -0.05) is 47.5 Å². The second-order valence-electron chi connectivity index (χ2n) is 4.88. The van der Waals surface area contributed by atoms with Crippen molar-refractivity contribution in [1.29, 1.82) is 0 Å². The molecule has 2 nitrogen and oxygen atoms in total. The fourth-order valence-electron chi connectivity index (χ4n) is 2.77.